The summed E-state index contributed by atoms with van der Waals surface area (Å²) in [6, 6.07) is 0. The van der Waals surface area contributed by atoms with Crippen molar-refractivity contribution in [2.45, 2.75) is 79.6 Å². The molecule has 0 saturated carbocycles. The predicted octanol–water partition coefficient (Wildman–Crippen LogP) is 4.96. The number of esters is 1. The average molecular weight is 256 g/mol. The molecule has 0 aromatic rings. The van der Waals surface area contributed by atoms with Crippen LogP contribution >= 0.6 is 0 Å². The monoisotopic (exact) mass is 256 g/mol. The Bertz CT molecular complexity index is 216. The molecule has 0 saturated heterocycles. The number of carbonyl (C=O) groups excluding carboxylic acids is 1. The minimum Gasteiger partial charge on any atom is -0.465 e. The summed E-state index contributed by atoms with van der Waals surface area (Å²) in [5, 5.41) is 0. The van der Waals surface area contributed by atoms with Gasteiger partial charge in [-0.3, -0.25) is 4.79 Å². The second-order valence-corrected chi connectivity index (χ2v) is 6.48. The third-order valence-corrected chi connectivity index (χ3v) is 3.13. The topological polar surface area (TPSA) is 26.3 Å². The molecule has 0 aromatic carbocycles. The largest absolute Gasteiger partial charge is 0.465 e. The smallest absolute Gasteiger partial charge is 0.308 e. The molecule has 0 radical (unpaired) electrons. The van der Waals surface area contributed by atoms with Crippen LogP contribution in [0.2, 0.25) is 0 Å². The van der Waals surface area contributed by atoms with Crippen LogP contribution in [0.1, 0.15) is 79.6 Å². The Labute approximate surface area is 113 Å². The highest BCUT2D eigenvalue weighted by Gasteiger charge is 2.20. The molecule has 0 bridgehead atoms. The molecular formula is C16H32O2. The molecule has 0 rings (SSSR count). The first-order chi connectivity index (χ1) is 8.40. The van der Waals surface area contributed by atoms with Crippen LogP contribution in [0.15, 0.2) is 0 Å². The van der Waals surface area contributed by atoms with Crippen LogP contribution in [0.3, 0.4) is 0 Å². The van der Waals surface area contributed by atoms with Crippen molar-refractivity contribution in [3.05, 3.63) is 0 Å². The van der Waals surface area contributed by atoms with Crippen molar-refractivity contribution in [2.75, 3.05) is 6.61 Å². The minimum absolute atomic E-state index is 0.00270. The van der Waals surface area contributed by atoms with Gasteiger partial charge >= 0.3 is 5.97 Å². The van der Waals surface area contributed by atoms with E-state index in [1.807, 2.05) is 0 Å². The van der Waals surface area contributed by atoms with Gasteiger partial charge in [0.15, 0.2) is 0 Å². The van der Waals surface area contributed by atoms with Crippen molar-refractivity contribution >= 4 is 5.97 Å². The van der Waals surface area contributed by atoms with Crippen molar-refractivity contribution in [1.29, 1.82) is 0 Å². The zero-order valence-corrected chi connectivity index (χ0v) is 13.1. The molecule has 108 valence electrons. The molecule has 0 aliphatic heterocycles. The normalized spacial score (nSPS) is 13.4. The van der Waals surface area contributed by atoms with E-state index in [9.17, 15) is 4.79 Å². The summed E-state index contributed by atoms with van der Waals surface area (Å²) < 4.78 is 5.40. The Morgan fingerprint density at radius 1 is 1.06 bits per heavy atom. The molecule has 2 heteroatoms. The summed E-state index contributed by atoms with van der Waals surface area (Å²) in [6.45, 7) is 11.1. The third-order valence-electron chi connectivity index (χ3n) is 3.13. The van der Waals surface area contributed by atoms with Crippen molar-refractivity contribution < 1.29 is 9.53 Å². The van der Waals surface area contributed by atoms with E-state index >= 15 is 0 Å². The van der Waals surface area contributed by atoms with E-state index in [1.165, 1.54) is 25.7 Å². The Kier molecular flexibility index (Phi) is 9.13. The fraction of sp³-hybridized carbons (Fsp3) is 0.938. The van der Waals surface area contributed by atoms with Gasteiger partial charge in [0.05, 0.1) is 12.5 Å². The van der Waals surface area contributed by atoms with E-state index in [0.29, 0.717) is 6.61 Å². The number of hydrogen-bond donors (Lipinski definition) is 0. The highest BCUT2D eigenvalue weighted by molar-refractivity contribution is 5.72. The van der Waals surface area contributed by atoms with Gasteiger partial charge in [0, 0.05) is 0 Å². The van der Waals surface area contributed by atoms with Gasteiger partial charge in [0.2, 0.25) is 0 Å². The van der Waals surface area contributed by atoms with Gasteiger partial charge in [-0.1, -0.05) is 66.7 Å². The molecular weight excluding hydrogens is 224 g/mol. The van der Waals surface area contributed by atoms with Gasteiger partial charge in [-0.2, -0.15) is 0 Å². The number of unbranched alkanes of at least 4 members (excludes halogenated alkanes) is 4. The summed E-state index contributed by atoms with van der Waals surface area (Å²) in [4.78, 5) is 11.9. The lowest BCUT2D eigenvalue weighted by atomic mass is 9.97. The quantitative estimate of drug-likeness (QED) is 0.430. The summed E-state index contributed by atoms with van der Waals surface area (Å²) in [6.07, 6.45) is 8.17. The van der Waals surface area contributed by atoms with E-state index in [1.54, 1.807) is 0 Å². The molecule has 2 nitrogen and oxygen atoms in total. The van der Waals surface area contributed by atoms with E-state index in [4.69, 9.17) is 4.74 Å². The fourth-order valence-corrected chi connectivity index (χ4v) is 1.89. The summed E-state index contributed by atoms with van der Waals surface area (Å²) in [5.74, 6) is 0.108. The molecule has 0 fully saturated rings. The maximum atomic E-state index is 11.9. The average Bonchev–Trinajstić information content (AvgIpc) is 2.30. The van der Waals surface area contributed by atoms with E-state index < -0.39 is 0 Å². The zero-order valence-electron chi connectivity index (χ0n) is 13.1. The van der Waals surface area contributed by atoms with Crippen LogP contribution in [-0.4, -0.2) is 12.6 Å². The van der Waals surface area contributed by atoms with Gasteiger partial charge in [0.25, 0.3) is 0 Å². The molecule has 0 N–H and O–H groups in total. The van der Waals surface area contributed by atoms with Crippen LogP contribution in [0.4, 0.5) is 0 Å². The van der Waals surface area contributed by atoms with E-state index in [2.05, 4.69) is 34.6 Å². The van der Waals surface area contributed by atoms with Gasteiger partial charge < -0.3 is 4.74 Å². The summed E-state index contributed by atoms with van der Waals surface area (Å²) in [5.41, 5.74) is 0.0646. The SMILES string of the molecule is CCCCCCCC(CC)C(=O)OCC(C)(C)C. The van der Waals surface area contributed by atoms with Crippen molar-refractivity contribution in [2.24, 2.45) is 11.3 Å². The first kappa shape index (κ1) is 17.5. The lowest BCUT2D eigenvalue weighted by Gasteiger charge is -2.20. The number of carbonyl (C=O) groups is 1. The summed E-state index contributed by atoms with van der Waals surface area (Å²) in [7, 11) is 0. The zero-order chi connectivity index (χ0) is 14.0. The lowest BCUT2D eigenvalue weighted by Crippen LogP contribution is -2.23. The van der Waals surface area contributed by atoms with Crippen molar-refractivity contribution in [3.8, 4) is 0 Å². The molecule has 1 unspecified atom stereocenters. The van der Waals surface area contributed by atoms with E-state index in [-0.39, 0.29) is 17.3 Å². The Hall–Kier alpha value is -0.530. The number of hydrogen-bond acceptors (Lipinski definition) is 2. The molecule has 0 amide bonds. The Balaban J connectivity index is 3.82. The van der Waals surface area contributed by atoms with Crippen LogP contribution in [-0.2, 0) is 9.53 Å². The van der Waals surface area contributed by atoms with E-state index in [0.717, 1.165) is 19.3 Å². The second-order valence-electron chi connectivity index (χ2n) is 6.48. The highest BCUT2D eigenvalue weighted by Crippen LogP contribution is 2.19. The molecule has 0 heterocycles. The van der Waals surface area contributed by atoms with Crippen LogP contribution in [0.25, 0.3) is 0 Å². The molecule has 0 aliphatic rings. The van der Waals surface area contributed by atoms with Gasteiger partial charge in [-0.15, -0.1) is 0 Å². The van der Waals surface area contributed by atoms with Crippen molar-refractivity contribution in [3.63, 3.8) is 0 Å². The molecule has 1 atom stereocenters. The van der Waals surface area contributed by atoms with Gasteiger partial charge in [0.1, 0.15) is 0 Å². The third kappa shape index (κ3) is 9.49. The minimum atomic E-state index is 0.00270. The summed E-state index contributed by atoms with van der Waals surface area (Å²) >= 11 is 0. The molecule has 0 aliphatic carbocycles. The molecule has 18 heavy (non-hydrogen) atoms. The molecule has 0 spiro atoms. The first-order valence-corrected chi connectivity index (χ1v) is 7.57. The van der Waals surface area contributed by atoms with Crippen molar-refractivity contribution in [1.82, 2.24) is 0 Å². The maximum absolute atomic E-state index is 11.9. The number of ether oxygens (including phenoxy) is 1. The fourth-order valence-electron chi connectivity index (χ4n) is 1.89. The Morgan fingerprint density at radius 3 is 2.17 bits per heavy atom. The number of rotatable bonds is 9. The first-order valence-electron chi connectivity index (χ1n) is 7.57. The molecule has 0 aromatic heterocycles. The standard InChI is InChI=1S/C16H32O2/c1-6-8-9-10-11-12-14(7-2)15(17)18-13-16(3,4)5/h14H,6-13H2,1-5H3. The van der Waals surface area contributed by atoms with Crippen LogP contribution < -0.4 is 0 Å². The van der Waals surface area contributed by atoms with Gasteiger partial charge in [-0.25, -0.2) is 0 Å². The predicted molar refractivity (Wildman–Crippen MR) is 77.6 cm³/mol. The highest BCUT2D eigenvalue weighted by atomic mass is 16.5. The van der Waals surface area contributed by atoms with Crippen LogP contribution in [0.5, 0.6) is 0 Å². The Morgan fingerprint density at radius 2 is 1.67 bits per heavy atom. The van der Waals surface area contributed by atoms with Crippen LogP contribution in [0, 0.1) is 11.3 Å². The maximum Gasteiger partial charge on any atom is 0.308 e. The van der Waals surface area contributed by atoms with Gasteiger partial charge in [-0.05, 0) is 18.3 Å². The second kappa shape index (κ2) is 9.41. The lowest BCUT2D eigenvalue weighted by molar-refractivity contribution is -0.151.